The molecule has 0 aliphatic rings. The van der Waals surface area contributed by atoms with E-state index in [4.69, 9.17) is 4.74 Å². The first kappa shape index (κ1) is 19.8. The molecule has 0 amide bonds. The minimum absolute atomic E-state index is 0.110. The fourth-order valence-corrected chi connectivity index (χ4v) is 3.24. The van der Waals surface area contributed by atoms with Crippen LogP contribution in [-0.4, -0.2) is 32.8 Å². The van der Waals surface area contributed by atoms with Crippen LogP contribution in [0.4, 0.5) is 0 Å². The summed E-state index contributed by atoms with van der Waals surface area (Å²) in [6.45, 7) is 2.81. The van der Waals surface area contributed by atoms with E-state index >= 15 is 0 Å². The summed E-state index contributed by atoms with van der Waals surface area (Å²) in [6, 6.07) is 9.80. The molecule has 2 aromatic heterocycles. The molecule has 0 radical (unpaired) electrons. The summed E-state index contributed by atoms with van der Waals surface area (Å²) < 4.78 is 7.89. The molecule has 0 bridgehead atoms. The van der Waals surface area contributed by atoms with Crippen LogP contribution in [0, 0.1) is 0 Å². The summed E-state index contributed by atoms with van der Waals surface area (Å²) in [5.74, 6) is 0. The van der Waals surface area contributed by atoms with E-state index in [0.29, 0.717) is 31.5 Å². The summed E-state index contributed by atoms with van der Waals surface area (Å²) in [4.78, 5) is 44.6. The van der Waals surface area contributed by atoms with E-state index in [1.54, 1.807) is 0 Å². The van der Waals surface area contributed by atoms with Crippen LogP contribution in [0.1, 0.15) is 24.6 Å². The minimum Gasteiger partial charge on any atom is -0.383 e. The van der Waals surface area contributed by atoms with E-state index in [1.807, 2.05) is 37.3 Å². The van der Waals surface area contributed by atoms with E-state index in [9.17, 15) is 14.4 Å². The van der Waals surface area contributed by atoms with Gasteiger partial charge in [-0.1, -0.05) is 37.3 Å². The van der Waals surface area contributed by atoms with E-state index < -0.39 is 11.2 Å². The first-order valence-corrected chi connectivity index (χ1v) is 9.36. The third-order valence-electron chi connectivity index (χ3n) is 4.61. The largest absolute Gasteiger partial charge is 0.383 e. The van der Waals surface area contributed by atoms with Crippen LogP contribution >= 0.6 is 0 Å². The predicted octanol–water partition coefficient (Wildman–Crippen LogP) is 1.09. The quantitative estimate of drug-likeness (QED) is 0.627. The van der Waals surface area contributed by atoms with Crippen molar-refractivity contribution >= 4 is 11.2 Å². The van der Waals surface area contributed by atoms with Gasteiger partial charge in [0.2, 0.25) is 0 Å². The van der Waals surface area contributed by atoms with Crippen molar-refractivity contribution in [3.8, 4) is 0 Å². The summed E-state index contributed by atoms with van der Waals surface area (Å²) >= 11 is 0. The van der Waals surface area contributed by atoms with Crippen molar-refractivity contribution in [3.05, 3.63) is 72.8 Å². The van der Waals surface area contributed by atoms with Crippen LogP contribution in [0.3, 0.4) is 0 Å². The van der Waals surface area contributed by atoms with Crippen molar-refractivity contribution in [1.29, 1.82) is 0 Å². The molecular weight excluding hydrogens is 360 g/mol. The second kappa shape index (κ2) is 8.79. The number of aromatic amines is 1. The Labute approximate surface area is 161 Å². The number of hydrogen-bond donors (Lipinski definition) is 1. The molecule has 1 aromatic carbocycles. The van der Waals surface area contributed by atoms with Crippen LogP contribution in [-0.2, 0) is 30.7 Å². The van der Waals surface area contributed by atoms with Crippen molar-refractivity contribution in [2.24, 2.45) is 0 Å². The molecular formula is C20H24N4O4. The lowest BCUT2D eigenvalue weighted by Crippen LogP contribution is -2.37. The average Bonchev–Trinajstić information content (AvgIpc) is 2.69. The molecule has 148 valence electrons. The second-order valence-corrected chi connectivity index (χ2v) is 6.58. The number of aromatic nitrogens is 4. The van der Waals surface area contributed by atoms with Crippen LogP contribution in [0.25, 0.3) is 11.2 Å². The number of methoxy groups -OCH3 is 1. The van der Waals surface area contributed by atoms with E-state index in [2.05, 4.69) is 9.97 Å². The molecule has 0 spiro atoms. The molecule has 0 unspecified atom stereocenters. The van der Waals surface area contributed by atoms with Gasteiger partial charge in [-0.05, 0) is 24.8 Å². The number of hydrogen-bond acceptors (Lipinski definition) is 5. The van der Waals surface area contributed by atoms with Gasteiger partial charge in [-0.3, -0.25) is 23.7 Å². The summed E-state index contributed by atoms with van der Waals surface area (Å²) in [5, 5.41) is 0. The number of nitrogens with one attached hydrogen (secondary N) is 1. The van der Waals surface area contributed by atoms with Gasteiger partial charge in [0.15, 0.2) is 11.2 Å². The van der Waals surface area contributed by atoms with Gasteiger partial charge in [0, 0.05) is 20.2 Å². The van der Waals surface area contributed by atoms with Crippen molar-refractivity contribution in [2.45, 2.75) is 39.3 Å². The molecule has 8 nitrogen and oxygen atoms in total. The molecule has 0 saturated carbocycles. The maximum absolute atomic E-state index is 13.0. The molecule has 8 heteroatoms. The highest BCUT2D eigenvalue weighted by molar-refractivity contribution is 5.69. The number of fused-ring (bicyclic) bond motifs is 1. The number of ether oxygens (including phenoxy) is 1. The third kappa shape index (κ3) is 3.96. The Hall–Kier alpha value is -3.00. The molecule has 2 heterocycles. The molecule has 0 aliphatic carbocycles. The first-order valence-electron chi connectivity index (χ1n) is 9.36. The lowest BCUT2D eigenvalue weighted by molar-refractivity contribution is 0.187. The first-order chi connectivity index (χ1) is 13.6. The van der Waals surface area contributed by atoms with Crippen LogP contribution in [0.15, 0.2) is 44.7 Å². The maximum Gasteiger partial charge on any atom is 0.330 e. The molecule has 0 atom stereocenters. The zero-order valence-corrected chi connectivity index (χ0v) is 16.1. The van der Waals surface area contributed by atoms with E-state index in [1.165, 1.54) is 16.2 Å². The van der Waals surface area contributed by atoms with Crippen molar-refractivity contribution in [3.63, 3.8) is 0 Å². The van der Waals surface area contributed by atoms with Gasteiger partial charge < -0.3 is 4.74 Å². The molecule has 0 aliphatic heterocycles. The fraction of sp³-hybridized carbons (Fsp3) is 0.400. The average molecular weight is 384 g/mol. The number of nitrogens with zero attached hydrogens (tertiary/aromatic N) is 3. The van der Waals surface area contributed by atoms with Gasteiger partial charge in [0.1, 0.15) is 5.69 Å². The van der Waals surface area contributed by atoms with Gasteiger partial charge >= 0.3 is 5.69 Å². The fourth-order valence-electron chi connectivity index (χ4n) is 3.24. The highest BCUT2D eigenvalue weighted by atomic mass is 16.5. The highest BCUT2D eigenvalue weighted by Gasteiger charge is 2.17. The molecule has 3 rings (SSSR count). The number of rotatable bonds is 8. The van der Waals surface area contributed by atoms with Gasteiger partial charge in [0.05, 0.1) is 6.61 Å². The Balaban J connectivity index is 2.19. The Bertz CT molecular complexity index is 1130. The molecule has 0 fully saturated rings. The van der Waals surface area contributed by atoms with Crippen molar-refractivity contribution in [2.75, 3.05) is 13.7 Å². The van der Waals surface area contributed by atoms with Crippen LogP contribution in [0.5, 0.6) is 0 Å². The Kier molecular flexibility index (Phi) is 6.20. The summed E-state index contributed by atoms with van der Waals surface area (Å²) in [7, 11) is 1.53. The molecule has 1 N–H and O–H groups in total. The number of H-pyrrole nitrogens is 1. The lowest BCUT2D eigenvalue weighted by atomic mass is 10.1. The molecule has 3 aromatic rings. The van der Waals surface area contributed by atoms with Crippen LogP contribution < -0.4 is 16.8 Å². The third-order valence-corrected chi connectivity index (χ3v) is 4.61. The lowest BCUT2D eigenvalue weighted by Gasteiger charge is -2.14. The number of benzene rings is 1. The Morgan fingerprint density at radius 3 is 2.46 bits per heavy atom. The van der Waals surface area contributed by atoms with Gasteiger partial charge in [-0.2, -0.15) is 0 Å². The highest BCUT2D eigenvalue weighted by Crippen LogP contribution is 2.08. The zero-order chi connectivity index (χ0) is 20.1. The molecule has 0 saturated heterocycles. The SMILES string of the molecule is CCCn1c(=O)[nH]c(=O)c2c1nc(CCc1ccccc1)c(=O)n2CCOC. The predicted molar refractivity (Wildman–Crippen MR) is 107 cm³/mol. The van der Waals surface area contributed by atoms with Gasteiger partial charge in [-0.15, -0.1) is 0 Å². The van der Waals surface area contributed by atoms with E-state index in [0.717, 1.165) is 5.56 Å². The van der Waals surface area contributed by atoms with Gasteiger partial charge in [-0.25, -0.2) is 9.78 Å². The van der Waals surface area contributed by atoms with Crippen molar-refractivity contribution in [1.82, 2.24) is 19.1 Å². The van der Waals surface area contributed by atoms with Crippen LogP contribution in [0.2, 0.25) is 0 Å². The maximum atomic E-state index is 13.0. The monoisotopic (exact) mass is 384 g/mol. The Morgan fingerprint density at radius 2 is 1.79 bits per heavy atom. The van der Waals surface area contributed by atoms with Gasteiger partial charge in [0.25, 0.3) is 11.1 Å². The second-order valence-electron chi connectivity index (χ2n) is 6.58. The summed E-state index contributed by atoms with van der Waals surface area (Å²) in [5.41, 5.74) is 0.326. The minimum atomic E-state index is -0.609. The zero-order valence-electron chi connectivity index (χ0n) is 16.1. The standard InChI is InChI=1S/C20H24N4O4/c1-3-11-24-17-16(18(25)22-20(24)27)23(12-13-28-2)19(26)15(21-17)10-9-14-7-5-4-6-8-14/h4-8H,3,9-13H2,1-2H3,(H,22,25,27). The topological polar surface area (TPSA) is 99.0 Å². The van der Waals surface area contributed by atoms with Crippen molar-refractivity contribution < 1.29 is 4.74 Å². The summed E-state index contributed by atoms with van der Waals surface area (Å²) in [6.07, 6.45) is 1.75. The van der Waals surface area contributed by atoms with E-state index in [-0.39, 0.29) is 29.9 Å². The molecule has 28 heavy (non-hydrogen) atoms. The Morgan fingerprint density at radius 1 is 1.04 bits per heavy atom. The number of aryl methyl sites for hydroxylation is 3. The normalized spacial score (nSPS) is 11.2. The smallest absolute Gasteiger partial charge is 0.330 e.